The van der Waals surface area contributed by atoms with Crippen LogP contribution < -0.4 is 20.7 Å². The van der Waals surface area contributed by atoms with E-state index >= 15 is 0 Å². The van der Waals surface area contributed by atoms with E-state index in [-0.39, 0.29) is 23.1 Å². The minimum Gasteiger partial charge on any atom is -0.494 e. The van der Waals surface area contributed by atoms with Gasteiger partial charge in [0, 0.05) is 29.4 Å². The van der Waals surface area contributed by atoms with Gasteiger partial charge in [-0.05, 0) is 78.1 Å². The van der Waals surface area contributed by atoms with E-state index in [1.54, 1.807) is 0 Å². The second kappa shape index (κ2) is 13.0. The Morgan fingerprint density at radius 3 is 2.15 bits per heavy atom. The molecule has 0 spiro atoms. The second-order valence-electron chi connectivity index (χ2n) is 10.8. The molecule has 1 fully saturated rings. The molecule has 0 bridgehead atoms. The Hall–Kier alpha value is -2.28. The Kier molecular flexibility index (Phi) is 10.7. The van der Waals surface area contributed by atoms with Gasteiger partial charge in [-0.2, -0.15) is 0 Å². The minimum absolute atomic E-state index is 0.000136. The van der Waals surface area contributed by atoms with E-state index in [0.29, 0.717) is 12.6 Å². The molecular weight excluding hydrogens is 424 g/mol. The van der Waals surface area contributed by atoms with E-state index in [0.717, 1.165) is 37.2 Å². The first kappa shape index (κ1) is 28.0. The number of piperidine rings is 1. The maximum atomic E-state index is 8.87. The summed E-state index contributed by atoms with van der Waals surface area (Å²) in [6.07, 6.45) is 9.28. The predicted octanol–water partition coefficient (Wildman–Crippen LogP) is 5.93. The summed E-state index contributed by atoms with van der Waals surface area (Å²) in [5.74, 6) is 1.21. The zero-order chi connectivity index (χ0) is 25.2. The molecule has 2 rings (SSSR count). The number of nitrogens with zero attached hydrogens (tertiary/aromatic N) is 1. The fourth-order valence-electron chi connectivity index (χ4n) is 5.20. The van der Waals surface area contributed by atoms with Gasteiger partial charge >= 0.3 is 0 Å². The van der Waals surface area contributed by atoms with E-state index in [9.17, 15) is 0 Å². The van der Waals surface area contributed by atoms with Crippen LogP contribution in [0.3, 0.4) is 0 Å². The van der Waals surface area contributed by atoms with E-state index < -0.39 is 0 Å². The lowest BCUT2D eigenvalue weighted by Crippen LogP contribution is -2.64. The monoisotopic (exact) mass is 472 g/mol. The maximum absolute atomic E-state index is 8.87. The third kappa shape index (κ3) is 9.53. The van der Waals surface area contributed by atoms with Crippen molar-refractivity contribution >= 4 is 17.6 Å². The average molecular weight is 473 g/mol. The Balaban J connectivity index is 2.02. The number of guanidine groups is 2. The summed E-state index contributed by atoms with van der Waals surface area (Å²) in [6, 6.07) is 7.79. The molecule has 1 aliphatic rings. The van der Waals surface area contributed by atoms with Crippen LogP contribution in [0.2, 0.25) is 0 Å². The Bertz CT molecular complexity index is 758. The fraction of sp³-hybridized carbons (Fsp3) is 0.704. The molecule has 1 heterocycles. The fourth-order valence-corrected chi connectivity index (χ4v) is 5.20. The van der Waals surface area contributed by atoms with Gasteiger partial charge in [-0.25, -0.2) is 0 Å². The highest BCUT2D eigenvalue weighted by atomic mass is 16.5. The van der Waals surface area contributed by atoms with Gasteiger partial charge < -0.3 is 20.3 Å². The molecule has 0 saturated carbocycles. The van der Waals surface area contributed by atoms with E-state index in [2.05, 4.69) is 55.5 Å². The summed E-state index contributed by atoms with van der Waals surface area (Å²) in [4.78, 5) is 2.19. The summed E-state index contributed by atoms with van der Waals surface area (Å²) in [6.45, 7) is 14.6. The smallest absolute Gasteiger partial charge is 0.199 e. The molecule has 7 nitrogen and oxygen atoms in total. The Labute approximate surface area is 207 Å². The van der Waals surface area contributed by atoms with Crippen molar-refractivity contribution in [2.45, 2.75) is 110 Å². The van der Waals surface area contributed by atoms with Gasteiger partial charge in [-0.3, -0.25) is 16.1 Å². The van der Waals surface area contributed by atoms with Crippen molar-refractivity contribution in [3.63, 3.8) is 0 Å². The Morgan fingerprint density at radius 2 is 1.56 bits per heavy atom. The van der Waals surface area contributed by atoms with Crippen LogP contribution in [0.4, 0.5) is 5.69 Å². The molecule has 1 aromatic rings. The van der Waals surface area contributed by atoms with E-state index in [4.69, 9.17) is 15.6 Å². The van der Waals surface area contributed by atoms with Crippen LogP contribution in [0.25, 0.3) is 0 Å². The highest BCUT2D eigenvalue weighted by Gasteiger charge is 2.40. The van der Waals surface area contributed by atoms with Gasteiger partial charge in [0.05, 0.1) is 6.61 Å². The lowest BCUT2D eigenvalue weighted by molar-refractivity contribution is 0.101. The molecule has 0 aliphatic carbocycles. The van der Waals surface area contributed by atoms with Crippen molar-refractivity contribution in [1.29, 1.82) is 10.8 Å². The lowest BCUT2D eigenvalue weighted by Gasteiger charge is -2.50. The summed E-state index contributed by atoms with van der Waals surface area (Å²) >= 11 is 0. The summed E-state index contributed by atoms with van der Waals surface area (Å²) in [5.41, 5.74) is 0.792. The normalized spacial score (nSPS) is 17.1. The molecule has 34 heavy (non-hydrogen) atoms. The van der Waals surface area contributed by atoms with Crippen LogP contribution in [-0.4, -0.2) is 47.1 Å². The number of hydrogen-bond donors (Lipinski definition) is 5. The molecule has 0 radical (unpaired) electrons. The molecule has 0 amide bonds. The topological polar surface area (TPSA) is 96.3 Å². The molecule has 7 heteroatoms. The molecule has 5 N–H and O–H groups in total. The highest BCUT2D eigenvalue weighted by molar-refractivity contribution is 6.02. The molecule has 0 unspecified atom stereocenters. The minimum atomic E-state index is 0.000136. The van der Waals surface area contributed by atoms with Crippen LogP contribution in [0.5, 0.6) is 5.75 Å². The molecule has 1 aromatic carbocycles. The predicted molar refractivity (Wildman–Crippen MR) is 144 cm³/mol. The number of benzene rings is 1. The van der Waals surface area contributed by atoms with Crippen molar-refractivity contribution in [2.75, 3.05) is 18.5 Å². The number of anilines is 1. The van der Waals surface area contributed by atoms with Crippen LogP contribution >= 0.6 is 0 Å². The molecule has 1 aliphatic heterocycles. The third-order valence-corrected chi connectivity index (χ3v) is 6.33. The SMILES string of the molecule is CCCCCCCCN(C(=N)NC(=N)Nc1ccc(OCC)cc1)C1CC(C)(C)NC(C)(C)C1. The second-order valence-corrected chi connectivity index (χ2v) is 10.8. The first-order valence-electron chi connectivity index (χ1n) is 13.1. The van der Waals surface area contributed by atoms with Crippen LogP contribution in [0, 0.1) is 10.8 Å². The zero-order valence-corrected chi connectivity index (χ0v) is 22.3. The van der Waals surface area contributed by atoms with E-state index in [1.165, 1.54) is 32.1 Å². The van der Waals surface area contributed by atoms with Crippen LogP contribution in [0.15, 0.2) is 24.3 Å². The van der Waals surface area contributed by atoms with Crippen LogP contribution in [-0.2, 0) is 0 Å². The number of unbranched alkanes of at least 4 members (excludes halogenated alkanes) is 5. The Morgan fingerprint density at radius 1 is 0.971 bits per heavy atom. The highest BCUT2D eigenvalue weighted by Crippen LogP contribution is 2.32. The van der Waals surface area contributed by atoms with Crippen molar-refractivity contribution in [1.82, 2.24) is 15.5 Å². The number of nitrogens with one attached hydrogen (secondary N) is 5. The summed E-state index contributed by atoms with van der Waals surface area (Å²) < 4.78 is 5.49. The summed E-state index contributed by atoms with van der Waals surface area (Å²) in [5, 5.41) is 27.1. The van der Waals surface area contributed by atoms with Gasteiger partial charge in [-0.1, -0.05) is 39.0 Å². The van der Waals surface area contributed by atoms with Crippen LogP contribution in [0.1, 0.15) is 92.9 Å². The van der Waals surface area contributed by atoms with Gasteiger partial charge in [0.15, 0.2) is 11.9 Å². The number of ether oxygens (including phenoxy) is 1. The van der Waals surface area contributed by atoms with Gasteiger partial charge in [-0.15, -0.1) is 0 Å². The van der Waals surface area contributed by atoms with Crippen molar-refractivity contribution in [2.24, 2.45) is 0 Å². The lowest BCUT2D eigenvalue weighted by atomic mass is 9.79. The van der Waals surface area contributed by atoms with Crippen molar-refractivity contribution in [3.05, 3.63) is 24.3 Å². The van der Waals surface area contributed by atoms with Crippen molar-refractivity contribution < 1.29 is 4.74 Å². The number of rotatable bonds is 11. The molecule has 0 atom stereocenters. The van der Waals surface area contributed by atoms with Gasteiger partial charge in [0.2, 0.25) is 0 Å². The molecule has 192 valence electrons. The zero-order valence-electron chi connectivity index (χ0n) is 22.3. The standard InChI is InChI=1S/C27H48N6O/c1-7-9-10-11-12-13-18-33(22-19-26(3,4)32-27(5,6)20-22)25(29)31-24(28)30-21-14-16-23(17-15-21)34-8-2/h14-17,22,32H,7-13,18-20H2,1-6H3,(H4,28,29,30,31). The van der Waals surface area contributed by atoms with Crippen molar-refractivity contribution in [3.8, 4) is 5.75 Å². The first-order chi connectivity index (χ1) is 16.0. The third-order valence-electron chi connectivity index (χ3n) is 6.33. The quantitative estimate of drug-likeness (QED) is 0.156. The van der Waals surface area contributed by atoms with Gasteiger partial charge in [0.25, 0.3) is 0 Å². The van der Waals surface area contributed by atoms with Gasteiger partial charge in [0.1, 0.15) is 5.75 Å². The molecular formula is C27H48N6O. The molecule has 1 saturated heterocycles. The maximum Gasteiger partial charge on any atom is 0.199 e. The number of hydrogen-bond acceptors (Lipinski definition) is 4. The summed E-state index contributed by atoms with van der Waals surface area (Å²) in [7, 11) is 0. The largest absolute Gasteiger partial charge is 0.494 e. The molecule has 0 aromatic heterocycles. The van der Waals surface area contributed by atoms with E-state index in [1.807, 2.05) is 31.2 Å². The average Bonchev–Trinajstić information content (AvgIpc) is 2.72. The first-order valence-corrected chi connectivity index (χ1v) is 13.1.